The van der Waals surface area contributed by atoms with Crippen LogP contribution in [0.15, 0.2) is 24.3 Å². The van der Waals surface area contributed by atoms with Crippen molar-refractivity contribution in [2.24, 2.45) is 0 Å². The van der Waals surface area contributed by atoms with E-state index in [4.69, 9.17) is 9.94 Å². The molecule has 0 fully saturated rings. The first-order valence-electron chi connectivity index (χ1n) is 7.39. The van der Waals surface area contributed by atoms with Gasteiger partial charge in [0.1, 0.15) is 0 Å². The van der Waals surface area contributed by atoms with E-state index in [0.29, 0.717) is 5.56 Å². The molecular formula is C16H23NO4. The second-order valence-electron chi connectivity index (χ2n) is 4.90. The normalized spacial score (nSPS) is 10.6. The van der Waals surface area contributed by atoms with E-state index in [2.05, 4.69) is 13.8 Å². The molecule has 0 aliphatic heterocycles. The summed E-state index contributed by atoms with van der Waals surface area (Å²) < 4.78 is 0. The molecule has 1 aromatic carbocycles. The Labute approximate surface area is 125 Å². The van der Waals surface area contributed by atoms with Crippen molar-refractivity contribution in [2.45, 2.75) is 39.5 Å². The summed E-state index contributed by atoms with van der Waals surface area (Å²) in [4.78, 5) is 28.2. The Balaban J connectivity index is 2.64. The number of carboxylic acid groups (broad SMARTS) is 1. The topological polar surface area (TPSA) is 66.8 Å². The van der Waals surface area contributed by atoms with E-state index in [9.17, 15) is 9.59 Å². The highest BCUT2D eigenvalue weighted by molar-refractivity contribution is 5.92. The Morgan fingerprint density at radius 3 is 1.90 bits per heavy atom. The van der Waals surface area contributed by atoms with Crippen molar-refractivity contribution < 1.29 is 19.5 Å². The molecule has 5 nitrogen and oxygen atoms in total. The smallest absolute Gasteiger partial charge is 0.357 e. The van der Waals surface area contributed by atoms with E-state index in [1.54, 1.807) is 5.06 Å². The van der Waals surface area contributed by atoms with Crippen molar-refractivity contribution >= 4 is 11.9 Å². The largest absolute Gasteiger partial charge is 0.478 e. The van der Waals surface area contributed by atoms with Crippen LogP contribution in [-0.4, -0.2) is 35.2 Å². The van der Waals surface area contributed by atoms with Crippen LogP contribution >= 0.6 is 0 Å². The van der Waals surface area contributed by atoms with Gasteiger partial charge in [-0.1, -0.05) is 26.7 Å². The number of aromatic carboxylic acids is 1. The van der Waals surface area contributed by atoms with Gasteiger partial charge in [-0.05, 0) is 37.1 Å². The van der Waals surface area contributed by atoms with Crippen LogP contribution in [0.1, 0.15) is 60.2 Å². The van der Waals surface area contributed by atoms with Gasteiger partial charge in [-0.3, -0.25) is 0 Å². The third-order valence-corrected chi connectivity index (χ3v) is 3.10. The third kappa shape index (κ3) is 5.95. The summed E-state index contributed by atoms with van der Waals surface area (Å²) in [6.07, 6.45) is 4.00. The molecular weight excluding hydrogens is 270 g/mol. The van der Waals surface area contributed by atoms with Crippen LogP contribution in [0.5, 0.6) is 0 Å². The minimum atomic E-state index is -1.01. The van der Waals surface area contributed by atoms with E-state index < -0.39 is 11.9 Å². The first kappa shape index (κ1) is 17.2. The molecule has 0 unspecified atom stereocenters. The molecule has 21 heavy (non-hydrogen) atoms. The minimum absolute atomic E-state index is 0.153. The maximum atomic E-state index is 12.1. The molecule has 0 radical (unpaired) electrons. The number of carbonyl (C=O) groups is 2. The van der Waals surface area contributed by atoms with Crippen molar-refractivity contribution in [3.05, 3.63) is 35.4 Å². The molecule has 1 rings (SSSR count). The van der Waals surface area contributed by atoms with E-state index in [1.807, 2.05) is 0 Å². The molecule has 0 saturated heterocycles. The summed E-state index contributed by atoms with van der Waals surface area (Å²) in [6, 6.07) is 5.76. The summed E-state index contributed by atoms with van der Waals surface area (Å²) in [7, 11) is 0. The van der Waals surface area contributed by atoms with Crippen molar-refractivity contribution in [1.29, 1.82) is 0 Å². The average molecular weight is 293 g/mol. The number of unbranched alkanes of at least 4 members (excludes halogenated alkanes) is 2. The first-order valence-corrected chi connectivity index (χ1v) is 7.39. The van der Waals surface area contributed by atoms with Crippen LogP contribution in [0.3, 0.4) is 0 Å². The van der Waals surface area contributed by atoms with Crippen LogP contribution in [0.2, 0.25) is 0 Å². The van der Waals surface area contributed by atoms with Gasteiger partial charge in [0.15, 0.2) is 0 Å². The SMILES string of the molecule is CCCCN(CCCC)OC(=O)c1ccc(C(=O)O)cc1. The van der Waals surface area contributed by atoms with E-state index >= 15 is 0 Å². The first-order chi connectivity index (χ1) is 10.1. The average Bonchev–Trinajstić information content (AvgIpc) is 2.49. The van der Waals surface area contributed by atoms with E-state index in [1.165, 1.54) is 24.3 Å². The van der Waals surface area contributed by atoms with Crippen LogP contribution in [0.25, 0.3) is 0 Å². The predicted molar refractivity (Wildman–Crippen MR) is 80.2 cm³/mol. The number of hydrogen-bond acceptors (Lipinski definition) is 4. The number of nitrogens with zero attached hydrogens (tertiary/aromatic N) is 1. The van der Waals surface area contributed by atoms with Crippen LogP contribution in [-0.2, 0) is 4.84 Å². The van der Waals surface area contributed by atoms with Gasteiger partial charge < -0.3 is 9.94 Å². The summed E-state index contributed by atoms with van der Waals surface area (Å²) in [5, 5.41) is 10.5. The second-order valence-corrected chi connectivity index (χ2v) is 4.90. The molecule has 0 atom stereocenters. The fraction of sp³-hybridized carbons (Fsp3) is 0.500. The third-order valence-electron chi connectivity index (χ3n) is 3.10. The molecule has 0 aliphatic carbocycles. The van der Waals surface area contributed by atoms with Gasteiger partial charge in [0.2, 0.25) is 0 Å². The van der Waals surface area contributed by atoms with Crippen LogP contribution < -0.4 is 0 Å². The van der Waals surface area contributed by atoms with Gasteiger partial charge in [-0.2, -0.15) is 0 Å². The Bertz CT molecular complexity index is 448. The second kappa shape index (κ2) is 9.13. The zero-order chi connectivity index (χ0) is 15.7. The number of carbonyl (C=O) groups excluding carboxylic acids is 1. The van der Waals surface area contributed by atoms with Gasteiger partial charge in [0.25, 0.3) is 0 Å². The maximum Gasteiger partial charge on any atom is 0.357 e. The zero-order valence-corrected chi connectivity index (χ0v) is 12.7. The van der Waals surface area contributed by atoms with Crippen molar-refractivity contribution in [1.82, 2.24) is 5.06 Å². The van der Waals surface area contributed by atoms with Gasteiger partial charge in [0.05, 0.1) is 11.1 Å². The molecule has 0 saturated carbocycles. The summed E-state index contributed by atoms with van der Waals surface area (Å²) >= 11 is 0. The highest BCUT2D eigenvalue weighted by atomic mass is 16.7. The van der Waals surface area contributed by atoms with Gasteiger partial charge >= 0.3 is 11.9 Å². The number of benzene rings is 1. The lowest BCUT2D eigenvalue weighted by Crippen LogP contribution is -2.29. The maximum absolute atomic E-state index is 12.1. The molecule has 0 amide bonds. The Morgan fingerprint density at radius 2 is 1.48 bits per heavy atom. The number of carboxylic acids is 1. The summed E-state index contributed by atoms with van der Waals surface area (Å²) in [6.45, 7) is 5.61. The lowest BCUT2D eigenvalue weighted by molar-refractivity contribution is -0.111. The monoisotopic (exact) mass is 293 g/mol. The standard InChI is InChI=1S/C16H23NO4/c1-3-5-11-17(12-6-4-2)21-16(20)14-9-7-13(8-10-14)15(18)19/h7-10H,3-6,11-12H2,1-2H3,(H,18,19). The molecule has 0 aliphatic rings. The molecule has 1 N–H and O–H groups in total. The highest BCUT2D eigenvalue weighted by Crippen LogP contribution is 2.09. The Hall–Kier alpha value is -1.88. The van der Waals surface area contributed by atoms with E-state index in [-0.39, 0.29) is 5.56 Å². The summed E-state index contributed by atoms with van der Waals surface area (Å²) in [5.74, 6) is -1.46. The van der Waals surface area contributed by atoms with Crippen LogP contribution in [0, 0.1) is 0 Å². The number of rotatable bonds is 9. The van der Waals surface area contributed by atoms with Crippen molar-refractivity contribution in [2.75, 3.05) is 13.1 Å². The molecule has 5 heteroatoms. The molecule has 1 aromatic rings. The fourth-order valence-corrected chi connectivity index (χ4v) is 1.79. The number of hydrogen-bond donors (Lipinski definition) is 1. The minimum Gasteiger partial charge on any atom is -0.478 e. The predicted octanol–water partition coefficient (Wildman–Crippen LogP) is 3.36. The van der Waals surface area contributed by atoms with Crippen molar-refractivity contribution in [3.8, 4) is 0 Å². The quantitative estimate of drug-likeness (QED) is 0.707. The zero-order valence-electron chi connectivity index (χ0n) is 12.7. The molecule has 0 spiro atoms. The number of hydroxylamine groups is 2. The Morgan fingerprint density at radius 1 is 1.00 bits per heavy atom. The van der Waals surface area contributed by atoms with Crippen LogP contribution in [0.4, 0.5) is 0 Å². The lowest BCUT2D eigenvalue weighted by Gasteiger charge is -2.20. The molecule has 0 aromatic heterocycles. The fourth-order valence-electron chi connectivity index (χ4n) is 1.79. The highest BCUT2D eigenvalue weighted by Gasteiger charge is 2.14. The van der Waals surface area contributed by atoms with Crippen molar-refractivity contribution in [3.63, 3.8) is 0 Å². The lowest BCUT2D eigenvalue weighted by atomic mass is 10.1. The molecule has 0 heterocycles. The molecule has 116 valence electrons. The van der Waals surface area contributed by atoms with Gasteiger partial charge in [-0.15, -0.1) is 5.06 Å². The van der Waals surface area contributed by atoms with Gasteiger partial charge in [-0.25, -0.2) is 9.59 Å². The van der Waals surface area contributed by atoms with E-state index in [0.717, 1.165) is 38.8 Å². The summed E-state index contributed by atoms with van der Waals surface area (Å²) in [5.41, 5.74) is 0.512. The Kier molecular flexibility index (Phi) is 7.46. The van der Waals surface area contributed by atoms with Gasteiger partial charge in [0, 0.05) is 13.1 Å². The molecule has 0 bridgehead atoms.